The minimum atomic E-state index is -1.74. The van der Waals surface area contributed by atoms with Crippen molar-refractivity contribution in [3.63, 3.8) is 0 Å². The van der Waals surface area contributed by atoms with Crippen LogP contribution in [-0.2, 0) is 14.2 Å². The van der Waals surface area contributed by atoms with Crippen LogP contribution in [0.15, 0.2) is 0 Å². The van der Waals surface area contributed by atoms with E-state index in [4.69, 9.17) is 14.6 Å². The molecule has 0 bridgehead atoms. The molecule has 1 aliphatic heterocycles. The zero-order valence-corrected chi connectivity index (χ0v) is 12.0. The molecule has 1 fully saturated rings. The molecule has 1 heterocycles. The van der Waals surface area contributed by atoms with Gasteiger partial charge in [0, 0.05) is 12.9 Å². The van der Waals surface area contributed by atoms with Crippen molar-refractivity contribution >= 4 is 0 Å². The first-order chi connectivity index (χ1) is 7.61. The number of hydrogen-bond donors (Lipinski definition) is 3. The zero-order valence-electron chi connectivity index (χ0n) is 9.98. The Hall–Kier alpha value is 0.720. The van der Waals surface area contributed by atoms with Gasteiger partial charge in [0.1, 0.15) is 25.1 Å². The second kappa shape index (κ2) is 8.76. The molecule has 0 amide bonds. The Bertz CT molecular complexity index is 206. The van der Waals surface area contributed by atoms with E-state index in [1.54, 1.807) is 6.92 Å². The third-order valence-electron chi connectivity index (χ3n) is 2.37. The van der Waals surface area contributed by atoms with Crippen molar-refractivity contribution in [1.29, 1.82) is 0 Å². The Morgan fingerprint density at radius 3 is 2.47 bits per heavy atom. The van der Waals surface area contributed by atoms with Gasteiger partial charge in [-0.1, -0.05) is 0 Å². The van der Waals surface area contributed by atoms with E-state index in [-0.39, 0.29) is 36.4 Å². The Morgan fingerprint density at radius 1 is 1.29 bits per heavy atom. The normalized spacial score (nSPS) is 37.6. The molecule has 0 unspecified atom stereocenters. The minimum absolute atomic E-state index is 0. The van der Waals surface area contributed by atoms with Crippen LogP contribution in [-0.4, -0.2) is 66.0 Å². The average Bonchev–Trinajstić information content (AvgIpc) is 2.28. The van der Waals surface area contributed by atoms with Crippen LogP contribution in [0, 0.1) is 0 Å². The number of aliphatic hydroxyl groups is 3. The molecule has 0 aromatic carbocycles. The molecule has 8 heteroatoms. The zero-order chi connectivity index (χ0) is 12.1. The first-order valence-electron chi connectivity index (χ1n) is 5.09. The topological polar surface area (TPSA) is 111 Å². The second-order valence-electron chi connectivity index (χ2n) is 3.45. The fourth-order valence-corrected chi connectivity index (χ4v) is 1.46. The molecule has 0 radical (unpaired) electrons. The number of rotatable bonds is 5. The molecule has 7 nitrogen and oxygen atoms in total. The maximum atomic E-state index is 11.2. The van der Waals surface area contributed by atoms with E-state index < -0.39 is 37.3 Å². The Morgan fingerprint density at radius 2 is 1.94 bits per heavy atom. The summed E-state index contributed by atoms with van der Waals surface area (Å²) in [5.74, 6) is 0. The first-order valence-corrected chi connectivity index (χ1v) is 5.09. The monoisotopic (exact) mass is 260 g/mol. The van der Waals surface area contributed by atoms with Crippen LogP contribution in [0.1, 0.15) is 6.92 Å². The van der Waals surface area contributed by atoms with E-state index in [2.05, 4.69) is 4.74 Å². The molecule has 0 spiro atoms. The van der Waals surface area contributed by atoms with E-state index >= 15 is 0 Å². The average molecular weight is 260 g/mol. The molecule has 1 aliphatic rings. The summed E-state index contributed by atoms with van der Waals surface area (Å²) in [7, 11) is 0. The largest absolute Gasteiger partial charge is 1.00 e. The molecular formula is C9H17NaO7. The molecule has 1 saturated heterocycles. The predicted molar refractivity (Wildman–Crippen MR) is 49.1 cm³/mol. The van der Waals surface area contributed by atoms with E-state index in [0.29, 0.717) is 6.61 Å². The molecule has 0 aliphatic carbocycles. The fourth-order valence-electron chi connectivity index (χ4n) is 1.46. The van der Waals surface area contributed by atoms with Crippen LogP contribution in [0.5, 0.6) is 0 Å². The van der Waals surface area contributed by atoms with Crippen molar-refractivity contribution in [2.45, 2.75) is 37.6 Å². The smallest absolute Gasteiger partial charge is 0.829 e. The second-order valence-corrected chi connectivity index (χ2v) is 3.45. The van der Waals surface area contributed by atoms with Gasteiger partial charge < -0.3 is 34.6 Å². The summed E-state index contributed by atoms with van der Waals surface area (Å²) in [6.45, 7) is 1.52. The molecule has 1 rings (SSSR count). The van der Waals surface area contributed by atoms with E-state index in [1.165, 1.54) is 0 Å². The maximum absolute atomic E-state index is 11.2. The maximum Gasteiger partial charge on any atom is 1.00 e. The fraction of sp³-hybridized carbons (Fsp3) is 1.00. The predicted octanol–water partition coefficient (Wildman–Crippen LogP) is -5.83. The van der Waals surface area contributed by atoms with Crippen molar-refractivity contribution in [3.05, 3.63) is 0 Å². The van der Waals surface area contributed by atoms with Crippen LogP contribution in [0.4, 0.5) is 0 Å². The van der Waals surface area contributed by atoms with Gasteiger partial charge >= 0.3 is 29.6 Å². The van der Waals surface area contributed by atoms with Gasteiger partial charge in [-0.15, -0.1) is 0 Å². The van der Waals surface area contributed by atoms with Crippen LogP contribution < -0.4 is 34.7 Å². The van der Waals surface area contributed by atoms with Crippen molar-refractivity contribution in [1.82, 2.24) is 0 Å². The summed E-state index contributed by atoms with van der Waals surface area (Å²) >= 11 is 0. The summed E-state index contributed by atoms with van der Waals surface area (Å²) in [5, 5.41) is 39.2. The third kappa shape index (κ3) is 4.71. The van der Waals surface area contributed by atoms with Crippen LogP contribution in [0.25, 0.3) is 0 Å². The van der Waals surface area contributed by atoms with Gasteiger partial charge in [0.05, 0.1) is 12.7 Å². The number of hydrogen-bond acceptors (Lipinski definition) is 7. The molecule has 5 atom stereocenters. The number of ether oxygens (including phenoxy) is 3. The Balaban J connectivity index is 0.00000256. The van der Waals surface area contributed by atoms with Crippen LogP contribution in [0.3, 0.4) is 0 Å². The standard InChI is InChI=1S/C9H17O7.Na/c1-2-14-4-15-8-6(11)5(3-10)16-9(13)7(8)12;/h5-12H,2-4H2,1H3;/q-1;+1/t5-,6-,7+,8+,9-;/m1./s1. The first kappa shape index (κ1) is 17.7. The van der Waals surface area contributed by atoms with Gasteiger partial charge in [-0.3, -0.25) is 0 Å². The van der Waals surface area contributed by atoms with Crippen molar-refractivity contribution in [3.8, 4) is 0 Å². The van der Waals surface area contributed by atoms with Gasteiger partial charge in [-0.05, 0) is 6.92 Å². The molecule has 0 saturated carbocycles. The summed E-state index contributed by atoms with van der Waals surface area (Å²) in [6, 6.07) is 0. The van der Waals surface area contributed by atoms with E-state index in [0.717, 1.165) is 0 Å². The molecule has 0 aromatic heterocycles. The van der Waals surface area contributed by atoms with Gasteiger partial charge in [-0.25, -0.2) is 0 Å². The minimum Gasteiger partial charge on any atom is -0.829 e. The third-order valence-corrected chi connectivity index (χ3v) is 2.37. The molecule has 96 valence electrons. The summed E-state index contributed by atoms with van der Waals surface area (Å²) in [6.07, 6.45) is -6.64. The molecule has 17 heavy (non-hydrogen) atoms. The SMILES string of the molecule is CCOCO[C@@H]1[C@H](O)[C@H]([O-])O[C@H](CO)[C@H]1O.[Na+]. The quantitative estimate of drug-likeness (QED) is 0.256. The summed E-state index contributed by atoms with van der Waals surface area (Å²) in [5.41, 5.74) is 0. The van der Waals surface area contributed by atoms with Gasteiger partial charge in [0.15, 0.2) is 0 Å². The van der Waals surface area contributed by atoms with Gasteiger partial charge in [-0.2, -0.15) is 0 Å². The van der Waals surface area contributed by atoms with Crippen molar-refractivity contribution in [2.24, 2.45) is 0 Å². The molecular weight excluding hydrogens is 243 g/mol. The van der Waals surface area contributed by atoms with Crippen LogP contribution >= 0.6 is 0 Å². The van der Waals surface area contributed by atoms with Gasteiger partial charge in [0.25, 0.3) is 0 Å². The molecule has 0 aromatic rings. The van der Waals surface area contributed by atoms with Crippen molar-refractivity contribution in [2.75, 3.05) is 20.0 Å². The summed E-state index contributed by atoms with van der Waals surface area (Å²) in [4.78, 5) is 0. The van der Waals surface area contributed by atoms with Crippen molar-refractivity contribution < 1.29 is 64.2 Å². The van der Waals surface area contributed by atoms with E-state index in [9.17, 15) is 15.3 Å². The molecule has 3 N–H and O–H groups in total. The summed E-state index contributed by atoms with van der Waals surface area (Å²) < 4.78 is 14.6. The van der Waals surface area contributed by atoms with Gasteiger partial charge in [0.2, 0.25) is 0 Å². The number of aliphatic hydroxyl groups excluding tert-OH is 3. The van der Waals surface area contributed by atoms with Crippen LogP contribution in [0.2, 0.25) is 0 Å². The van der Waals surface area contributed by atoms with E-state index in [1.807, 2.05) is 0 Å². The Kier molecular flexibility index (Phi) is 9.13. The Labute approximate surface area is 122 Å².